The molecule has 10 heteroatoms. The Kier molecular flexibility index (Phi) is 6.12. The molecule has 4 aromatic rings. The minimum atomic E-state index is -1.52. The molecule has 3 aromatic heterocycles. The van der Waals surface area contributed by atoms with Gasteiger partial charge in [0, 0.05) is 24.5 Å². The van der Waals surface area contributed by atoms with Gasteiger partial charge in [0.2, 0.25) is 0 Å². The van der Waals surface area contributed by atoms with E-state index in [9.17, 15) is 14.8 Å². The van der Waals surface area contributed by atoms with E-state index in [-0.39, 0.29) is 5.92 Å². The van der Waals surface area contributed by atoms with Crippen LogP contribution in [-0.4, -0.2) is 42.4 Å². The Morgan fingerprint density at radius 3 is 2.64 bits per heavy atom. The topological polar surface area (TPSA) is 139 Å². The fourth-order valence-corrected chi connectivity index (χ4v) is 3.66. The first-order chi connectivity index (χ1) is 15.7. The summed E-state index contributed by atoms with van der Waals surface area (Å²) >= 11 is 0. The summed E-state index contributed by atoms with van der Waals surface area (Å²) in [5, 5.41) is 22.1. The van der Waals surface area contributed by atoms with Gasteiger partial charge in [-0.3, -0.25) is 9.20 Å². The minimum Gasteiger partial charge on any atom is -0.423 e. The maximum Gasteiger partial charge on any atom is 0.488 e. The molecule has 0 saturated heterocycles. The van der Waals surface area contributed by atoms with Crippen molar-refractivity contribution < 1.29 is 14.8 Å². The number of anilines is 1. The fourth-order valence-electron chi connectivity index (χ4n) is 3.66. The quantitative estimate of drug-likeness (QED) is 0.318. The van der Waals surface area contributed by atoms with Crippen LogP contribution in [0.1, 0.15) is 47.1 Å². The average Bonchev–Trinajstić information content (AvgIpc) is 3.13. The number of primary amides is 1. The number of nitrogens with two attached hydrogens (primary N) is 1. The molecule has 4 rings (SSSR count). The van der Waals surface area contributed by atoms with E-state index < -0.39 is 13.0 Å². The second-order valence-corrected chi connectivity index (χ2v) is 8.15. The lowest BCUT2D eigenvalue weighted by atomic mass is 9.80. The molecule has 9 nitrogen and oxygen atoms in total. The number of nitrogens with one attached hydrogen (secondary N) is 1. The minimum absolute atomic E-state index is 0.154. The van der Waals surface area contributed by atoms with Gasteiger partial charge < -0.3 is 21.1 Å². The molecule has 0 spiro atoms. The van der Waals surface area contributed by atoms with Gasteiger partial charge in [0.25, 0.3) is 5.91 Å². The van der Waals surface area contributed by atoms with Gasteiger partial charge >= 0.3 is 7.12 Å². The van der Waals surface area contributed by atoms with Crippen LogP contribution in [0, 0.1) is 6.92 Å². The SMILES string of the molecule is Cc1nc2c(C(N)=O)cccn2c1-c1nc(NCc2cccc(B(O)O)c2)cc(C(C)C)n1. The zero-order chi connectivity index (χ0) is 23.7. The summed E-state index contributed by atoms with van der Waals surface area (Å²) in [5.74, 6) is 0.710. The lowest BCUT2D eigenvalue weighted by molar-refractivity contribution is 0.100. The van der Waals surface area contributed by atoms with E-state index in [1.54, 1.807) is 40.9 Å². The predicted octanol–water partition coefficient (Wildman–Crippen LogP) is 1.61. The molecular weight excluding hydrogens is 419 g/mol. The van der Waals surface area contributed by atoms with Crippen molar-refractivity contribution in [3.8, 4) is 11.5 Å². The summed E-state index contributed by atoms with van der Waals surface area (Å²) in [6.45, 7) is 6.38. The van der Waals surface area contributed by atoms with Crippen LogP contribution in [0.4, 0.5) is 5.82 Å². The van der Waals surface area contributed by atoms with Gasteiger partial charge in [-0.1, -0.05) is 38.1 Å². The van der Waals surface area contributed by atoms with E-state index in [1.165, 1.54) is 0 Å². The molecule has 0 radical (unpaired) electrons. The van der Waals surface area contributed by atoms with Crippen LogP contribution < -0.4 is 16.5 Å². The van der Waals surface area contributed by atoms with Crippen molar-refractivity contribution in [2.75, 3.05) is 5.32 Å². The third-order valence-corrected chi connectivity index (χ3v) is 5.36. The molecule has 3 heterocycles. The summed E-state index contributed by atoms with van der Waals surface area (Å²) in [4.78, 5) is 25.9. The number of benzene rings is 1. The molecular formula is C23H25BN6O3. The molecule has 0 aliphatic heterocycles. The number of carbonyl (C=O) groups is 1. The van der Waals surface area contributed by atoms with Gasteiger partial charge in [-0.2, -0.15) is 0 Å². The van der Waals surface area contributed by atoms with Gasteiger partial charge in [0.05, 0.1) is 11.3 Å². The van der Waals surface area contributed by atoms with Crippen LogP contribution in [0.25, 0.3) is 17.2 Å². The van der Waals surface area contributed by atoms with Gasteiger partial charge in [0.1, 0.15) is 17.2 Å². The molecule has 168 valence electrons. The Hall–Kier alpha value is -3.76. The number of amides is 1. The lowest BCUT2D eigenvalue weighted by Gasteiger charge is -2.13. The lowest BCUT2D eigenvalue weighted by Crippen LogP contribution is -2.30. The summed E-state index contributed by atoms with van der Waals surface area (Å²) in [5.41, 5.74) is 9.83. The van der Waals surface area contributed by atoms with Gasteiger partial charge in [-0.15, -0.1) is 0 Å². The summed E-state index contributed by atoms with van der Waals surface area (Å²) < 4.78 is 1.78. The van der Waals surface area contributed by atoms with Crippen LogP contribution in [0.15, 0.2) is 48.7 Å². The van der Waals surface area contributed by atoms with Crippen LogP contribution in [-0.2, 0) is 6.54 Å². The number of nitrogens with zero attached hydrogens (tertiary/aromatic N) is 4. The Bertz CT molecular complexity index is 1340. The van der Waals surface area contributed by atoms with Crippen molar-refractivity contribution >= 4 is 30.0 Å². The van der Waals surface area contributed by atoms with Crippen molar-refractivity contribution in [3.63, 3.8) is 0 Å². The molecule has 1 amide bonds. The molecule has 0 unspecified atom stereocenters. The van der Waals surface area contributed by atoms with E-state index in [4.69, 9.17) is 15.7 Å². The molecule has 33 heavy (non-hydrogen) atoms. The van der Waals surface area contributed by atoms with Crippen molar-refractivity contribution in [1.82, 2.24) is 19.4 Å². The van der Waals surface area contributed by atoms with Crippen LogP contribution in [0.2, 0.25) is 0 Å². The maximum atomic E-state index is 11.9. The Labute approximate surface area is 191 Å². The Morgan fingerprint density at radius 2 is 1.94 bits per heavy atom. The normalized spacial score (nSPS) is 11.2. The number of rotatable bonds is 7. The monoisotopic (exact) mass is 444 g/mol. The van der Waals surface area contributed by atoms with Gasteiger partial charge in [0.15, 0.2) is 5.82 Å². The van der Waals surface area contributed by atoms with E-state index in [1.807, 2.05) is 19.1 Å². The van der Waals surface area contributed by atoms with Crippen molar-refractivity contribution in [2.24, 2.45) is 5.73 Å². The van der Waals surface area contributed by atoms with Crippen molar-refractivity contribution in [1.29, 1.82) is 0 Å². The van der Waals surface area contributed by atoms with Crippen LogP contribution >= 0.6 is 0 Å². The highest BCUT2D eigenvalue weighted by molar-refractivity contribution is 6.58. The van der Waals surface area contributed by atoms with E-state index in [0.717, 1.165) is 11.3 Å². The number of fused-ring (bicyclic) bond motifs is 1. The third kappa shape index (κ3) is 4.57. The first-order valence-corrected chi connectivity index (χ1v) is 10.6. The summed E-state index contributed by atoms with van der Waals surface area (Å²) in [6, 6.07) is 12.3. The molecule has 0 bridgehead atoms. The van der Waals surface area contributed by atoms with Crippen molar-refractivity contribution in [2.45, 2.75) is 33.2 Å². The standard InChI is InChI=1S/C23H25BN6O3/c1-13(2)18-11-19(26-12-15-6-4-7-16(10-15)24(32)33)29-22(28-18)20-14(3)27-23-17(21(25)31)8-5-9-30(20)23/h4-11,13,32-33H,12H2,1-3H3,(H2,25,31)(H,26,28,29). The molecule has 0 atom stereocenters. The Morgan fingerprint density at radius 1 is 1.15 bits per heavy atom. The third-order valence-electron chi connectivity index (χ3n) is 5.36. The zero-order valence-electron chi connectivity index (χ0n) is 18.6. The number of hydrogen-bond donors (Lipinski definition) is 4. The first kappa shape index (κ1) is 22.4. The zero-order valence-corrected chi connectivity index (χ0v) is 18.6. The van der Waals surface area contributed by atoms with Crippen molar-refractivity contribution in [3.05, 3.63) is 71.2 Å². The largest absolute Gasteiger partial charge is 0.488 e. The van der Waals surface area contributed by atoms with Crippen LogP contribution in [0.3, 0.4) is 0 Å². The average molecular weight is 444 g/mol. The van der Waals surface area contributed by atoms with Gasteiger partial charge in [-0.25, -0.2) is 15.0 Å². The van der Waals surface area contributed by atoms with E-state index in [2.05, 4.69) is 24.1 Å². The molecule has 0 aliphatic rings. The smallest absolute Gasteiger partial charge is 0.423 e. The number of imidazole rings is 1. The second-order valence-electron chi connectivity index (χ2n) is 8.15. The molecule has 0 saturated carbocycles. The number of hydrogen-bond acceptors (Lipinski definition) is 7. The number of carbonyl (C=O) groups excluding carboxylic acids is 1. The van der Waals surface area contributed by atoms with E-state index in [0.29, 0.717) is 46.2 Å². The predicted molar refractivity (Wildman–Crippen MR) is 127 cm³/mol. The number of pyridine rings is 1. The summed E-state index contributed by atoms with van der Waals surface area (Å²) in [6.07, 6.45) is 1.81. The van der Waals surface area contributed by atoms with Gasteiger partial charge in [-0.05, 0) is 36.0 Å². The highest BCUT2D eigenvalue weighted by Crippen LogP contribution is 2.27. The fraction of sp³-hybridized carbons (Fsp3) is 0.217. The second kappa shape index (κ2) is 9.01. The Balaban J connectivity index is 1.75. The molecule has 5 N–H and O–H groups in total. The maximum absolute atomic E-state index is 11.9. The summed E-state index contributed by atoms with van der Waals surface area (Å²) in [7, 11) is -1.52. The number of aryl methyl sites for hydroxylation is 1. The highest BCUT2D eigenvalue weighted by atomic mass is 16.4. The molecule has 1 aromatic carbocycles. The number of aromatic nitrogens is 4. The molecule has 0 aliphatic carbocycles. The van der Waals surface area contributed by atoms with Crippen LogP contribution in [0.5, 0.6) is 0 Å². The van der Waals surface area contributed by atoms with E-state index >= 15 is 0 Å². The molecule has 0 fully saturated rings. The first-order valence-electron chi connectivity index (χ1n) is 10.6. The highest BCUT2D eigenvalue weighted by Gasteiger charge is 2.19.